The SMILES string of the molecule is C=CC1CCC(C2CCC(C)CC2)CC1.CCC1CCC(C2CCC(C)CC2)CC1.CCCC1CCC(C2CCC(C)CC2)CC1.[HH].[HH].[HH].[HH].[HH].[HH]. The maximum atomic E-state index is 3.93. The fourth-order valence-corrected chi connectivity index (χ4v) is 11.5. The monoisotopic (exact) mass is 649 g/mol. The molecule has 6 saturated carbocycles. The van der Waals surface area contributed by atoms with E-state index >= 15 is 0 Å². The Hall–Kier alpha value is -0.260. The summed E-state index contributed by atoms with van der Waals surface area (Å²) in [5, 5.41) is 0. The lowest BCUT2D eigenvalue weighted by molar-refractivity contribution is 0.147. The van der Waals surface area contributed by atoms with Crippen LogP contribution in [0.1, 0.15) is 217 Å². The number of rotatable bonds is 7. The van der Waals surface area contributed by atoms with Gasteiger partial charge < -0.3 is 0 Å². The highest BCUT2D eigenvalue weighted by molar-refractivity contribution is 4.87. The largest absolute Gasteiger partial charge is 0.103 e. The van der Waals surface area contributed by atoms with Gasteiger partial charge in [0.25, 0.3) is 0 Å². The second-order valence-electron chi connectivity index (χ2n) is 18.7. The molecule has 0 saturated heterocycles. The van der Waals surface area contributed by atoms with Crippen LogP contribution in [0, 0.1) is 71.0 Å². The first-order chi connectivity index (χ1) is 22.4. The average molecular weight is 649 g/mol. The van der Waals surface area contributed by atoms with E-state index in [0.717, 1.165) is 71.0 Å². The van der Waals surface area contributed by atoms with Gasteiger partial charge in [0.2, 0.25) is 0 Å². The normalized spacial score (nSPS) is 42.0. The molecule has 6 fully saturated rings. The zero-order chi connectivity index (χ0) is 32.7. The molecule has 0 heteroatoms. The second kappa shape index (κ2) is 21.1. The predicted molar refractivity (Wildman–Crippen MR) is 218 cm³/mol. The smallest absolute Gasteiger partial charge is 0 e. The molecule has 6 aliphatic carbocycles. The summed E-state index contributed by atoms with van der Waals surface area (Å²) in [6.45, 7) is 15.9. The Morgan fingerprint density at radius 3 is 0.978 bits per heavy atom. The number of hydrogen-bond acceptors (Lipinski definition) is 0. The van der Waals surface area contributed by atoms with Crippen LogP contribution in [0.3, 0.4) is 0 Å². The maximum absolute atomic E-state index is 3.93. The van der Waals surface area contributed by atoms with E-state index in [4.69, 9.17) is 0 Å². The topological polar surface area (TPSA) is 0 Å². The molecule has 0 aromatic rings. The maximum Gasteiger partial charge on any atom is 0 e. The van der Waals surface area contributed by atoms with Gasteiger partial charge in [0.05, 0.1) is 0 Å². The number of allylic oxidation sites excluding steroid dienone is 1. The summed E-state index contributed by atoms with van der Waals surface area (Å²) in [5.74, 6) is 12.6. The third kappa shape index (κ3) is 12.9. The third-order valence-corrected chi connectivity index (χ3v) is 15.4. The summed E-state index contributed by atoms with van der Waals surface area (Å²) in [6, 6.07) is 0. The van der Waals surface area contributed by atoms with Crippen LogP contribution in [-0.2, 0) is 0 Å². The molecule has 6 aliphatic rings. The zero-order valence-electron chi connectivity index (χ0n) is 32.3. The fraction of sp³-hybridized carbons (Fsp3) is 0.957. The zero-order valence-corrected chi connectivity index (χ0v) is 32.3. The van der Waals surface area contributed by atoms with Gasteiger partial charge in [0.15, 0.2) is 0 Å². The Bertz CT molecular complexity index is 775. The van der Waals surface area contributed by atoms with E-state index < -0.39 is 0 Å². The van der Waals surface area contributed by atoms with Gasteiger partial charge in [-0.2, -0.15) is 0 Å². The van der Waals surface area contributed by atoms with Gasteiger partial charge in [-0.3, -0.25) is 0 Å². The minimum Gasteiger partial charge on any atom is -0.103 e. The van der Waals surface area contributed by atoms with Crippen molar-refractivity contribution in [3.8, 4) is 0 Å². The highest BCUT2D eigenvalue weighted by Gasteiger charge is 2.31. The van der Waals surface area contributed by atoms with Crippen molar-refractivity contribution in [2.75, 3.05) is 0 Å². The Morgan fingerprint density at radius 1 is 0.413 bits per heavy atom. The van der Waals surface area contributed by atoms with Crippen LogP contribution in [0.2, 0.25) is 0 Å². The number of hydrogen-bond donors (Lipinski definition) is 0. The van der Waals surface area contributed by atoms with Crippen molar-refractivity contribution in [2.45, 2.75) is 208 Å². The van der Waals surface area contributed by atoms with Crippen molar-refractivity contribution < 1.29 is 8.56 Å². The Labute approximate surface area is 299 Å². The molecule has 0 spiro atoms. The second-order valence-corrected chi connectivity index (χ2v) is 18.7. The van der Waals surface area contributed by atoms with Crippen molar-refractivity contribution in [1.82, 2.24) is 0 Å². The molecule has 0 unspecified atom stereocenters. The molecular formula is C46H96. The summed E-state index contributed by atoms with van der Waals surface area (Å²) in [5.41, 5.74) is 0. The van der Waals surface area contributed by atoms with Gasteiger partial charge in [-0.15, -0.1) is 6.58 Å². The molecule has 46 heavy (non-hydrogen) atoms. The van der Waals surface area contributed by atoms with Crippen LogP contribution in [-0.4, -0.2) is 0 Å². The molecule has 0 atom stereocenters. The summed E-state index contributed by atoms with van der Waals surface area (Å²) in [6.07, 6.45) is 42.9. The first-order valence-corrected chi connectivity index (χ1v) is 22.0. The Kier molecular flexibility index (Phi) is 17.7. The van der Waals surface area contributed by atoms with Crippen LogP contribution in [0.4, 0.5) is 0 Å². The minimum atomic E-state index is 0. The molecule has 0 N–H and O–H groups in total. The molecular weight excluding hydrogens is 553 g/mol. The summed E-state index contributed by atoms with van der Waals surface area (Å²) >= 11 is 0. The summed E-state index contributed by atoms with van der Waals surface area (Å²) in [7, 11) is 0. The minimum absolute atomic E-state index is 0. The van der Waals surface area contributed by atoms with Crippen LogP contribution in [0.5, 0.6) is 0 Å². The molecule has 0 aliphatic heterocycles. The van der Waals surface area contributed by atoms with E-state index in [1.54, 1.807) is 64.2 Å². The highest BCUT2D eigenvalue weighted by atomic mass is 14.4. The van der Waals surface area contributed by atoms with Crippen LogP contribution < -0.4 is 0 Å². The molecule has 0 aromatic carbocycles. The molecule has 0 radical (unpaired) electrons. The van der Waals surface area contributed by atoms with Gasteiger partial charge >= 0.3 is 0 Å². The van der Waals surface area contributed by atoms with Crippen LogP contribution >= 0.6 is 0 Å². The van der Waals surface area contributed by atoms with E-state index in [1.165, 1.54) is 109 Å². The quantitative estimate of drug-likeness (QED) is 0.241. The highest BCUT2D eigenvalue weighted by Crippen LogP contribution is 2.44. The first kappa shape index (κ1) is 38.5. The van der Waals surface area contributed by atoms with Crippen LogP contribution in [0.15, 0.2) is 12.7 Å². The van der Waals surface area contributed by atoms with E-state index in [-0.39, 0.29) is 8.56 Å². The average Bonchev–Trinajstić information content (AvgIpc) is 3.11. The third-order valence-electron chi connectivity index (χ3n) is 15.4. The molecule has 0 aromatic heterocycles. The molecule has 0 amide bonds. The predicted octanol–water partition coefficient (Wildman–Crippen LogP) is 16.7. The lowest BCUT2D eigenvalue weighted by Gasteiger charge is -2.37. The van der Waals surface area contributed by atoms with Gasteiger partial charge in [-0.1, -0.05) is 124 Å². The molecule has 0 nitrogen and oxygen atoms in total. The first-order valence-electron chi connectivity index (χ1n) is 22.0. The van der Waals surface area contributed by atoms with E-state index in [0.29, 0.717) is 0 Å². The van der Waals surface area contributed by atoms with Gasteiger partial charge in [0, 0.05) is 8.56 Å². The van der Waals surface area contributed by atoms with E-state index in [2.05, 4.69) is 47.3 Å². The molecule has 280 valence electrons. The molecule has 6 rings (SSSR count). The summed E-state index contributed by atoms with van der Waals surface area (Å²) < 4.78 is 0. The van der Waals surface area contributed by atoms with Crippen molar-refractivity contribution in [3.05, 3.63) is 12.7 Å². The van der Waals surface area contributed by atoms with Gasteiger partial charge in [0.1, 0.15) is 0 Å². The lowest BCUT2D eigenvalue weighted by atomic mass is 9.69. The lowest BCUT2D eigenvalue weighted by Crippen LogP contribution is -2.25. The van der Waals surface area contributed by atoms with Crippen molar-refractivity contribution in [3.63, 3.8) is 0 Å². The standard InChI is InChI=1S/C16H30.C15H28.C15H26.6H2/c1-3-4-14-7-11-16(12-8-14)15-9-5-13(2)6-10-15;2*1-3-13-6-10-15(11-7-13)14-8-4-12(2)5-9-14;;;;;;/h13-16H,3-12H2,1-2H3;12-15H,3-11H2,1-2H3;3,12-15H,1,4-11H2,2H3;6*1H. The van der Waals surface area contributed by atoms with Gasteiger partial charge in [-0.25, -0.2) is 0 Å². The summed E-state index contributed by atoms with van der Waals surface area (Å²) in [4.78, 5) is 0. The van der Waals surface area contributed by atoms with Crippen molar-refractivity contribution in [1.29, 1.82) is 0 Å². The van der Waals surface area contributed by atoms with Crippen molar-refractivity contribution >= 4 is 0 Å². The Balaban J connectivity index is -0.000000655. The van der Waals surface area contributed by atoms with Crippen molar-refractivity contribution in [2.24, 2.45) is 71.0 Å². The van der Waals surface area contributed by atoms with Gasteiger partial charge in [-0.05, 0) is 161 Å². The van der Waals surface area contributed by atoms with E-state index in [9.17, 15) is 0 Å². The molecule has 0 heterocycles. The Morgan fingerprint density at radius 2 is 0.696 bits per heavy atom. The fourth-order valence-electron chi connectivity index (χ4n) is 11.5. The van der Waals surface area contributed by atoms with Crippen LogP contribution in [0.25, 0.3) is 0 Å². The van der Waals surface area contributed by atoms with E-state index in [1.807, 2.05) is 0 Å². The molecule has 0 bridgehead atoms.